The number of rotatable bonds is 6. The van der Waals surface area contributed by atoms with E-state index in [0.29, 0.717) is 12.1 Å². The Morgan fingerprint density at radius 3 is 1.40 bits per heavy atom. The van der Waals surface area contributed by atoms with E-state index in [0.717, 1.165) is 62.7 Å². The highest BCUT2D eigenvalue weighted by Crippen LogP contribution is 2.29. The van der Waals surface area contributed by atoms with Crippen LogP contribution >= 0.6 is 0 Å². The standard InChI is InChI=1S/C24H38N4O2/c1-27(2)21-12-8-17(9-13-21)23(29)25-19-6-5-7-20(16-19)26-24(30)18-10-14-22(15-11-18)28(3)4/h5-7,16-18,21-22H,8-15H2,1-4H3,(H,25,29)(H,26,30). The van der Waals surface area contributed by atoms with Crippen LogP contribution in [0.2, 0.25) is 0 Å². The van der Waals surface area contributed by atoms with Crippen LogP contribution in [0, 0.1) is 11.8 Å². The van der Waals surface area contributed by atoms with E-state index in [2.05, 4.69) is 48.6 Å². The molecule has 0 heterocycles. The monoisotopic (exact) mass is 414 g/mol. The van der Waals surface area contributed by atoms with Gasteiger partial charge in [-0.2, -0.15) is 0 Å². The van der Waals surface area contributed by atoms with Crippen molar-refractivity contribution in [3.63, 3.8) is 0 Å². The largest absolute Gasteiger partial charge is 0.326 e. The van der Waals surface area contributed by atoms with E-state index in [1.165, 1.54) is 0 Å². The fourth-order valence-electron chi connectivity index (χ4n) is 4.87. The van der Waals surface area contributed by atoms with Gasteiger partial charge in [0.15, 0.2) is 0 Å². The van der Waals surface area contributed by atoms with Crippen LogP contribution in [0.1, 0.15) is 51.4 Å². The summed E-state index contributed by atoms with van der Waals surface area (Å²) in [6.45, 7) is 0. The van der Waals surface area contributed by atoms with Gasteiger partial charge in [-0.25, -0.2) is 0 Å². The van der Waals surface area contributed by atoms with Crippen molar-refractivity contribution in [3.05, 3.63) is 24.3 Å². The quantitative estimate of drug-likeness (QED) is 0.743. The molecule has 0 spiro atoms. The molecule has 2 aliphatic carbocycles. The van der Waals surface area contributed by atoms with Gasteiger partial charge in [0.1, 0.15) is 0 Å². The minimum Gasteiger partial charge on any atom is -0.326 e. The van der Waals surface area contributed by atoms with E-state index in [9.17, 15) is 9.59 Å². The summed E-state index contributed by atoms with van der Waals surface area (Å²) in [5.74, 6) is 0.341. The first-order valence-corrected chi connectivity index (χ1v) is 11.4. The van der Waals surface area contributed by atoms with Gasteiger partial charge >= 0.3 is 0 Å². The molecule has 0 unspecified atom stereocenters. The molecule has 3 rings (SSSR count). The minimum atomic E-state index is 0.0753. The lowest BCUT2D eigenvalue weighted by atomic mass is 9.85. The fraction of sp³-hybridized carbons (Fsp3) is 0.667. The molecule has 6 heteroatoms. The second-order valence-electron chi connectivity index (χ2n) is 9.50. The Kier molecular flexibility index (Phi) is 7.89. The molecule has 1 aromatic rings. The normalized spacial score (nSPS) is 27.1. The predicted octanol–water partition coefficient (Wildman–Crippen LogP) is 3.80. The maximum atomic E-state index is 12.7. The Morgan fingerprint density at radius 1 is 0.700 bits per heavy atom. The van der Waals surface area contributed by atoms with Crippen LogP contribution in [-0.2, 0) is 9.59 Å². The molecule has 2 saturated carbocycles. The number of carbonyl (C=O) groups excluding carboxylic acids is 2. The number of carbonyl (C=O) groups is 2. The molecule has 0 aromatic heterocycles. The molecule has 30 heavy (non-hydrogen) atoms. The average molecular weight is 415 g/mol. The third kappa shape index (κ3) is 6.05. The maximum absolute atomic E-state index is 12.7. The number of anilines is 2. The fourth-order valence-corrected chi connectivity index (χ4v) is 4.87. The number of amides is 2. The van der Waals surface area contributed by atoms with Crippen LogP contribution in [0.25, 0.3) is 0 Å². The molecule has 0 atom stereocenters. The van der Waals surface area contributed by atoms with Crippen molar-refractivity contribution < 1.29 is 9.59 Å². The number of nitrogens with zero attached hydrogens (tertiary/aromatic N) is 2. The van der Waals surface area contributed by atoms with Gasteiger partial charge in [-0.05, 0) is 97.8 Å². The Morgan fingerprint density at radius 2 is 1.07 bits per heavy atom. The Bertz CT molecular complexity index is 660. The third-order valence-corrected chi connectivity index (χ3v) is 6.99. The topological polar surface area (TPSA) is 64.7 Å². The summed E-state index contributed by atoms with van der Waals surface area (Å²) in [5.41, 5.74) is 1.51. The molecule has 1 aromatic carbocycles. The number of hydrogen-bond donors (Lipinski definition) is 2. The summed E-state index contributed by atoms with van der Waals surface area (Å²) in [4.78, 5) is 29.9. The zero-order chi connectivity index (χ0) is 21.7. The van der Waals surface area contributed by atoms with Gasteiger partial charge in [0.05, 0.1) is 0 Å². The van der Waals surface area contributed by atoms with Crippen molar-refractivity contribution in [2.45, 2.75) is 63.5 Å². The molecule has 6 nitrogen and oxygen atoms in total. The van der Waals surface area contributed by atoms with Crippen LogP contribution in [-0.4, -0.2) is 61.9 Å². The highest BCUT2D eigenvalue weighted by Gasteiger charge is 2.28. The van der Waals surface area contributed by atoms with Gasteiger partial charge in [-0.1, -0.05) is 6.07 Å². The van der Waals surface area contributed by atoms with Crippen molar-refractivity contribution in [2.24, 2.45) is 11.8 Å². The molecule has 2 N–H and O–H groups in total. The molecule has 2 fully saturated rings. The number of benzene rings is 1. The molecular formula is C24H38N4O2. The van der Waals surface area contributed by atoms with Gasteiger partial charge in [-0.15, -0.1) is 0 Å². The van der Waals surface area contributed by atoms with Crippen LogP contribution in [0.3, 0.4) is 0 Å². The van der Waals surface area contributed by atoms with E-state index in [1.54, 1.807) is 0 Å². The Labute approximate surface area is 181 Å². The summed E-state index contributed by atoms with van der Waals surface area (Å²) in [6.07, 6.45) is 7.99. The molecular weight excluding hydrogens is 376 g/mol. The van der Waals surface area contributed by atoms with Gasteiger partial charge in [0, 0.05) is 35.3 Å². The summed E-state index contributed by atoms with van der Waals surface area (Å²) < 4.78 is 0. The smallest absolute Gasteiger partial charge is 0.227 e. The molecule has 0 saturated heterocycles. The van der Waals surface area contributed by atoms with Gasteiger partial charge in [0.25, 0.3) is 0 Å². The van der Waals surface area contributed by atoms with E-state index in [-0.39, 0.29) is 23.7 Å². The van der Waals surface area contributed by atoms with Crippen LogP contribution in [0.15, 0.2) is 24.3 Å². The zero-order valence-electron chi connectivity index (χ0n) is 19.0. The first kappa shape index (κ1) is 22.8. The van der Waals surface area contributed by atoms with E-state index < -0.39 is 0 Å². The molecule has 2 amide bonds. The maximum Gasteiger partial charge on any atom is 0.227 e. The van der Waals surface area contributed by atoms with Crippen molar-refractivity contribution in [1.82, 2.24) is 9.80 Å². The minimum absolute atomic E-state index is 0.0753. The predicted molar refractivity (Wildman–Crippen MR) is 123 cm³/mol. The van der Waals surface area contributed by atoms with E-state index >= 15 is 0 Å². The Hall–Kier alpha value is -1.92. The average Bonchev–Trinajstić information content (AvgIpc) is 2.74. The lowest BCUT2D eigenvalue weighted by Crippen LogP contribution is -2.35. The second kappa shape index (κ2) is 10.4. The first-order valence-electron chi connectivity index (χ1n) is 11.4. The summed E-state index contributed by atoms with van der Waals surface area (Å²) in [5, 5.41) is 6.12. The first-order chi connectivity index (χ1) is 14.3. The van der Waals surface area contributed by atoms with Gasteiger partial charge < -0.3 is 20.4 Å². The van der Waals surface area contributed by atoms with Crippen molar-refractivity contribution >= 4 is 23.2 Å². The lowest BCUT2D eigenvalue weighted by Gasteiger charge is -2.32. The highest BCUT2D eigenvalue weighted by atomic mass is 16.2. The zero-order valence-corrected chi connectivity index (χ0v) is 19.0. The van der Waals surface area contributed by atoms with Crippen molar-refractivity contribution in [1.29, 1.82) is 0 Å². The van der Waals surface area contributed by atoms with Crippen LogP contribution in [0.5, 0.6) is 0 Å². The molecule has 2 aliphatic rings. The molecule has 0 aliphatic heterocycles. The highest BCUT2D eigenvalue weighted by molar-refractivity contribution is 5.95. The van der Waals surface area contributed by atoms with Gasteiger partial charge in [0.2, 0.25) is 11.8 Å². The van der Waals surface area contributed by atoms with E-state index in [1.807, 2.05) is 24.3 Å². The molecule has 166 valence electrons. The van der Waals surface area contributed by atoms with Crippen molar-refractivity contribution in [3.8, 4) is 0 Å². The molecule has 0 bridgehead atoms. The molecule has 0 radical (unpaired) electrons. The summed E-state index contributed by atoms with van der Waals surface area (Å²) >= 11 is 0. The lowest BCUT2D eigenvalue weighted by molar-refractivity contribution is -0.121. The van der Waals surface area contributed by atoms with Crippen LogP contribution in [0.4, 0.5) is 11.4 Å². The van der Waals surface area contributed by atoms with Gasteiger partial charge in [-0.3, -0.25) is 9.59 Å². The number of nitrogens with one attached hydrogen (secondary N) is 2. The summed E-state index contributed by atoms with van der Waals surface area (Å²) in [7, 11) is 8.44. The summed E-state index contributed by atoms with van der Waals surface area (Å²) in [6, 6.07) is 8.70. The van der Waals surface area contributed by atoms with Crippen molar-refractivity contribution in [2.75, 3.05) is 38.8 Å². The van der Waals surface area contributed by atoms with E-state index in [4.69, 9.17) is 0 Å². The number of hydrogen-bond acceptors (Lipinski definition) is 4. The SMILES string of the molecule is CN(C)C1CCC(C(=O)Nc2cccc(NC(=O)C3CCC(N(C)C)CC3)c2)CC1. The second-order valence-corrected chi connectivity index (χ2v) is 9.50. The third-order valence-electron chi connectivity index (χ3n) is 6.99. The van der Waals surface area contributed by atoms with Crippen LogP contribution < -0.4 is 10.6 Å². The Balaban J connectivity index is 1.50.